The van der Waals surface area contributed by atoms with Gasteiger partial charge in [0.25, 0.3) is 15.9 Å². The highest BCUT2D eigenvalue weighted by Gasteiger charge is 2.32. The number of fused-ring (bicyclic) bond motifs is 1. The number of nitrogens with one attached hydrogen (secondary N) is 3. The molecule has 1 saturated heterocycles. The van der Waals surface area contributed by atoms with Crippen molar-refractivity contribution in [3.05, 3.63) is 70.6 Å². The predicted octanol–water partition coefficient (Wildman–Crippen LogP) is 4.58. The second kappa shape index (κ2) is 12.4. The Kier molecular flexibility index (Phi) is 8.71. The number of benzene rings is 2. The molecule has 10 nitrogen and oxygen atoms in total. The van der Waals surface area contributed by atoms with E-state index in [4.69, 9.17) is 0 Å². The number of piperidine rings is 1. The van der Waals surface area contributed by atoms with Gasteiger partial charge in [0.1, 0.15) is 4.21 Å². The summed E-state index contributed by atoms with van der Waals surface area (Å²) in [4.78, 5) is 43.0. The average Bonchev–Trinajstić information content (AvgIpc) is 3.39. The fraction of sp³-hybridized carbons (Fsp3) is 0.345. The first-order valence-corrected chi connectivity index (χ1v) is 16.0. The molecule has 4 amide bonds. The molecule has 0 unspecified atom stereocenters. The zero-order chi connectivity index (χ0) is 29.0. The van der Waals surface area contributed by atoms with E-state index in [-0.39, 0.29) is 16.5 Å². The fourth-order valence-electron chi connectivity index (χ4n) is 5.09. The lowest BCUT2D eigenvalue weighted by atomic mass is 9.97. The second-order valence-corrected chi connectivity index (χ2v) is 13.4. The number of amides is 4. The van der Waals surface area contributed by atoms with Gasteiger partial charge in [0.05, 0.1) is 12.1 Å². The molecule has 41 heavy (non-hydrogen) atoms. The van der Waals surface area contributed by atoms with Crippen molar-refractivity contribution in [2.24, 2.45) is 0 Å². The largest absolute Gasteiger partial charge is 0.385 e. The Morgan fingerprint density at radius 2 is 1.68 bits per heavy atom. The van der Waals surface area contributed by atoms with E-state index in [1.165, 1.54) is 62.7 Å². The quantitative estimate of drug-likeness (QED) is 0.244. The van der Waals surface area contributed by atoms with Crippen molar-refractivity contribution in [1.29, 1.82) is 0 Å². The van der Waals surface area contributed by atoms with E-state index in [1.807, 2.05) is 16.9 Å². The highest BCUT2D eigenvalue weighted by molar-refractivity contribution is 7.92. The number of anilines is 3. The molecule has 0 bridgehead atoms. The normalized spacial score (nSPS) is 15.9. The minimum atomic E-state index is -3.99. The van der Waals surface area contributed by atoms with Crippen molar-refractivity contribution >= 4 is 56.3 Å². The number of aryl methyl sites for hydroxylation is 1. The zero-order valence-electron chi connectivity index (χ0n) is 22.8. The van der Waals surface area contributed by atoms with Crippen LogP contribution in [0.1, 0.15) is 46.5 Å². The van der Waals surface area contributed by atoms with Crippen molar-refractivity contribution in [2.45, 2.75) is 43.2 Å². The van der Waals surface area contributed by atoms with E-state index >= 15 is 0 Å². The van der Waals surface area contributed by atoms with Crippen molar-refractivity contribution in [1.82, 2.24) is 9.62 Å². The summed E-state index contributed by atoms with van der Waals surface area (Å²) in [6.45, 7) is 6.01. The minimum Gasteiger partial charge on any atom is -0.385 e. The molecular formula is C29H33N5O5S2. The summed E-state index contributed by atoms with van der Waals surface area (Å²) in [7, 11) is -3.99. The van der Waals surface area contributed by atoms with E-state index in [2.05, 4.69) is 15.5 Å². The predicted molar refractivity (Wildman–Crippen MR) is 160 cm³/mol. The highest BCUT2D eigenvalue weighted by Crippen LogP contribution is 2.28. The van der Waals surface area contributed by atoms with Crippen molar-refractivity contribution in [2.75, 3.05) is 41.7 Å². The van der Waals surface area contributed by atoms with Crippen LogP contribution in [0, 0.1) is 6.92 Å². The fourth-order valence-corrected chi connectivity index (χ4v) is 7.28. The summed E-state index contributed by atoms with van der Waals surface area (Å²) < 4.78 is 26.8. The number of hydrogen-bond acceptors (Lipinski definition) is 8. The number of hydrogen-bond donors (Lipinski definition) is 3. The van der Waals surface area contributed by atoms with Crippen molar-refractivity contribution < 1.29 is 22.8 Å². The molecule has 0 radical (unpaired) electrons. The maximum absolute atomic E-state index is 13.3. The van der Waals surface area contributed by atoms with Crippen LogP contribution in [0.25, 0.3) is 0 Å². The Labute approximate surface area is 243 Å². The molecule has 0 atom stereocenters. The first kappa shape index (κ1) is 28.8. The smallest absolute Gasteiger partial charge is 0.333 e. The molecule has 12 heteroatoms. The Morgan fingerprint density at radius 1 is 0.951 bits per heavy atom. The topological polar surface area (TPSA) is 128 Å². The molecule has 2 aliphatic heterocycles. The van der Waals surface area contributed by atoms with Crippen molar-refractivity contribution in [3.8, 4) is 0 Å². The Balaban J connectivity index is 1.17. The molecule has 0 saturated carbocycles. The van der Waals surface area contributed by atoms with Gasteiger partial charge in [0.2, 0.25) is 5.91 Å². The number of imide groups is 1. The number of carbonyl (C=O) groups is 3. The molecule has 0 spiro atoms. The molecule has 216 valence electrons. The summed E-state index contributed by atoms with van der Waals surface area (Å²) >= 11 is 1.06. The first-order chi connectivity index (χ1) is 19.7. The molecule has 2 aromatic carbocycles. The van der Waals surface area contributed by atoms with E-state index in [0.29, 0.717) is 22.5 Å². The maximum Gasteiger partial charge on any atom is 0.333 e. The summed E-state index contributed by atoms with van der Waals surface area (Å²) in [6, 6.07) is 13.7. The number of nitrogens with zero attached hydrogens (tertiary/aromatic N) is 2. The van der Waals surface area contributed by atoms with Crippen LogP contribution < -0.4 is 20.3 Å². The Bertz CT molecular complexity index is 1550. The van der Waals surface area contributed by atoms with Crippen LogP contribution in [-0.4, -0.2) is 57.3 Å². The van der Waals surface area contributed by atoms with E-state index in [1.54, 1.807) is 19.1 Å². The van der Waals surface area contributed by atoms with Crippen LogP contribution in [0.3, 0.4) is 0 Å². The van der Waals surface area contributed by atoms with Gasteiger partial charge in [-0.25, -0.2) is 22.8 Å². The molecule has 5 rings (SSSR count). The third-order valence-electron chi connectivity index (χ3n) is 7.15. The molecule has 3 N–H and O–H groups in total. The van der Waals surface area contributed by atoms with Gasteiger partial charge in [-0.05, 0) is 106 Å². The van der Waals surface area contributed by atoms with Gasteiger partial charge in [-0.2, -0.15) is 0 Å². The Morgan fingerprint density at radius 3 is 2.39 bits per heavy atom. The van der Waals surface area contributed by atoms with Gasteiger partial charge in [-0.3, -0.25) is 9.59 Å². The number of urea groups is 1. The molecule has 3 aromatic rings. The summed E-state index contributed by atoms with van der Waals surface area (Å²) in [5.74, 6) is -0.760. The number of rotatable bonds is 9. The van der Waals surface area contributed by atoms with E-state index in [0.717, 1.165) is 46.3 Å². The van der Waals surface area contributed by atoms with Crippen LogP contribution in [0.5, 0.6) is 0 Å². The SMILES string of the molecule is Cc1ccc(S(=O)(=O)NC(=O)Nc2ccc(N3C(=O)Cc4cc(NCCCN5CCCCC5)ccc4C3=O)cc2)s1. The zero-order valence-corrected chi connectivity index (χ0v) is 24.4. The third-order valence-corrected chi connectivity index (χ3v) is 9.97. The van der Waals surface area contributed by atoms with Gasteiger partial charge in [0, 0.05) is 28.4 Å². The lowest BCUT2D eigenvalue weighted by Crippen LogP contribution is -2.42. The molecule has 1 fully saturated rings. The van der Waals surface area contributed by atoms with Crippen LogP contribution >= 0.6 is 11.3 Å². The number of thiophene rings is 1. The third kappa shape index (κ3) is 6.95. The first-order valence-electron chi connectivity index (χ1n) is 13.7. The van der Waals surface area contributed by atoms with Crippen LogP contribution in [0.4, 0.5) is 21.9 Å². The number of likely N-dealkylation sites (tertiary alicyclic amines) is 1. The molecule has 0 aliphatic carbocycles. The highest BCUT2D eigenvalue weighted by atomic mass is 32.2. The average molecular weight is 596 g/mol. The molecule has 3 heterocycles. The lowest BCUT2D eigenvalue weighted by molar-refractivity contribution is -0.117. The van der Waals surface area contributed by atoms with Crippen LogP contribution in [0.15, 0.2) is 58.8 Å². The van der Waals surface area contributed by atoms with Gasteiger partial charge in [-0.1, -0.05) is 6.42 Å². The van der Waals surface area contributed by atoms with Crippen molar-refractivity contribution in [3.63, 3.8) is 0 Å². The van der Waals surface area contributed by atoms with Gasteiger partial charge in [-0.15, -0.1) is 11.3 Å². The maximum atomic E-state index is 13.3. The minimum absolute atomic E-state index is 0.0404. The summed E-state index contributed by atoms with van der Waals surface area (Å²) in [5.41, 5.74) is 2.71. The number of carbonyl (C=O) groups excluding carboxylic acids is 3. The lowest BCUT2D eigenvalue weighted by Gasteiger charge is -2.27. The monoisotopic (exact) mass is 595 g/mol. The summed E-state index contributed by atoms with van der Waals surface area (Å²) in [6.07, 6.45) is 4.99. The Hall–Kier alpha value is -3.74. The second-order valence-electron chi connectivity index (χ2n) is 10.2. The van der Waals surface area contributed by atoms with Crippen LogP contribution in [0.2, 0.25) is 0 Å². The van der Waals surface area contributed by atoms with Gasteiger partial charge in [0.15, 0.2) is 0 Å². The standard InChI is InChI=1S/C29H33N5O5S2/c1-20-6-13-27(40-20)41(38,39)32-29(37)31-22-7-10-24(11-8-22)34-26(35)19-21-18-23(9-12-25(21)28(34)36)30-14-5-17-33-15-3-2-4-16-33/h6-13,18,30H,2-5,14-17,19H2,1H3,(H2,31,32,37). The van der Waals surface area contributed by atoms with E-state index < -0.39 is 22.0 Å². The van der Waals surface area contributed by atoms with Gasteiger partial charge >= 0.3 is 6.03 Å². The summed E-state index contributed by atoms with van der Waals surface area (Å²) in [5, 5.41) is 5.88. The molecule has 2 aliphatic rings. The van der Waals surface area contributed by atoms with Crippen LogP contribution in [-0.2, 0) is 21.2 Å². The van der Waals surface area contributed by atoms with E-state index in [9.17, 15) is 22.8 Å². The molecular weight excluding hydrogens is 562 g/mol. The number of sulfonamides is 1. The van der Waals surface area contributed by atoms with Gasteiger partial charge < -0.3 is 15.5 Å². The molecule has 1 aromatic heterocycles.